The van der Waals surface area contributed by atoms with E-state index in [0.29, 0.717) is 30.4 Å². The number of amides is 1. The third kappa shape index (κ3) is 4.63. The predicted octanol–water partition coefficient (Wildman–Crippen LogP) is 3.03. The smallest absolute Gasteiger partial charge is 0.270 e. The van der Waals surface area contributed by atoms with Crippen molar-refractivity contribution in [2.24, 2.45) is 0 Å². The Kier molecular flexibility index (Phi) is 5.53. The van der Waals surface area contributed by atoms with E-state index in [1.807, 2.05) is 43.3 Å². The summed E-state index contributed by atoms with van der Waals surface area (Å²) >= 11 is 0. The van der Waals surface area contributed by atoms with Gasteiger partial charge in [0.15, 0.2) is 0 Å². The Labute approximate surface area is 152 Å². The maximum atomic E-state index is 12.5. The van der Waals surface area contributed by atoms with Gasteiger partial charge in [0, 0.05) is 31.5 Å². The molecule has 0 saturated carbocycles. The number of nitrogens with zero attached hydrogens (tertiary/aromatic N) is 3. The Balaban J connectivity index is 1.66. The fourth-order valence-electron chi connectivity index (χ4n) is 2.54. The number of carbonyl (C=O) groups is 1. The standard InChI is InChI=1S/C20H21N5O/c1-14-6-3-4-8-17(14)13-23-20(26)18-10-19(25-15(2)24-18)22-12-16-7-5-9-21-11-16/h3-11H,12-13H2,1-2H3,(H,23,26)(H,22,24,25). The lowest BCUT2D eigenvalue weighted by Crippen LogP contribution is -2.25. The first-order valence-corrected chi connectivity index (χ1v) is 8.43. The highest BCUT2D eigenvalue weighted by Gasteiger charge is 2.11. The average Bonchev–Trinajstić information content (AvgIpc) is 2.66. The van der Waals surface area contributed by atoms with Crippen LogP contribution in [0.3, 0.4) is 0 Å². The number of benzene rings is 1. The minimum Gasteiger partial charge on any atom is -0.366 e. The van der Waals surface area contributed by atoms with Gasteiger partial charge in [0.05, 0.1) is 0 Å². The molecule has 3 aromatic rings. The van der Waals surface area contributed by atoms with Crippen LogP contribution in [0.25, 0.3) is 0 Å². The zero-order chi connectivity index (χ0) is 18.4. The number of pyridine rings is 1. The molecule has 0 aliphatic rings. The van der Waals surface area contributed by atoms with Gasteiger partial charge in [0.1, 0.15) is 17.3 Å². The summed E-state index contributed by atoms with van der Waals surface area (Å²) in [5, 5.41) is 6.13. The molecule has 0 aliphatic heterocycles. The first-order chi connectivity index (χ1) is 12.6. The Hall–Kier alpha value is -3.28. The Morgan fingerprint density at radius 2 is 1.88 bits per heavy atom. The van der Waals surface area contributed by atoms with E-state index in [2.05, 4.69) is 25.6 Å². The molecule has 2 heterocycles. The molecule has 2 aromatic heterocycles. The molecule has 6 heteroatoms. The molecular formula is C20H21N5O. The first kappa shape index (κ1) is 17.5. The predicted molar refractivity (Wildman–Crippen MR) is 101 cm³/mol. The summed E-state index contributed by atoms with van der Waals surface area (Å²) in [7, 11) is 0. The summed E-state index contributed by atoms with van der Waals surface area (Å²) in [5.74, 6) is 0.938. The second-order valence-corrected chi connectivity index (χ2v) is 6.01. The summed E-state index contributed by atoms with van der Waals surface area (Å²) < 4.78 is 0. The number of rotatable bonds is 6. The number of carbonyl (C=O) groups excluding carboxylic acids is 1. The number of aryl methyl sites for hydroxylation is 2. The molecule has 0 radical (unpaired) electrons. The lowest BCUT2D eigenvalue weighted by atomic mass is 10.1. The lowest BCUT2D eigenvalue weighted by Gasteiger charge is -2.10. The Morgan fingerprint density at radius 1 is 1.04 bits per heavy atom. The van der Waals surface area contributed by atoms with Crippen molar-refractivity contribution in [3.8, 4) is 0 Å². The van der Waals surface area contributed by atoms with Crippen molar-refractivity contribution >= 4 is 11.7 Å². The molecule has 132 valence electrons. The quantitative estimate of drug-likeness (QED) is 0.716. The third-order valence-corrected chi connectivity index (χ3v) is 3.97. The molecule has 1 aromatic carbocycles. The van der Waals surface area contributed by atoms with E-state index in [-0.39, 0.29) is 5.91 Å². The van der Waals surface area contributed by atoms with Crippen molar-refractivity contribution in [2.75, 3.05) is 5.32 Å². The van der Waals surface area contributed by atoms with Gasteiger partial charge in [-0.2, -0.15) is 0 Å². The van der Waals surface area contributed by atoms with Crippen molar-refractivity contribution in [1.82, 2.24) is 20.3 Å². The molecule has 6 nitrogen and oxygen atoms in total. The second kappa shape index (κ2) is 8.20. The minimum atomic E-state index is -0.219. The van der Waals surface area contributed by atoms with Crippen molar-refractivity contribution in [2.45, 2.75) is 26.9 Å². The van der Waals surface area contributed by atoms with Gasteiger partial charge in [-0.05, 0) is 36.6 Å². The highest BCUT2D eigenvalue weighted by Crippen LogP contribution is 2.10. The van der Waals surface area contributed by atoms with Crippen molar-refractivity contribution < 1.29 is 4.79 Å². The van der Waals surface area contributed by atoms with Crippen molar-refractivity contribution in [3.05, 3.63) is 83.1 Å². The van der Waals surface area contributed by atoms with E-state index in [4.69, 9.17) is 0 Å². The largest absolute Gasteiger partial charge is 0.366 e. The van der Waals surface area contributed by atoms with Gasteiger partial charge in [-0.3, -0.25) is 9.78 Å². The van der Waals surface area contributed by atoms with Crippen LogP contribution in [-0.4, -0.2) is 20.9 Å². The van der Waals surface area contributed by atoms with Crippen LogP contribution in [0.2, 0.25) is 0 Å². The molecular weight excluding hydrogens is 326 g/mol. The van der Waals surface area contributed by atoms with E-state index in [0.717, 1.165) is 16.7 Å². The minimum absolute atomic E-state index is 0.219. The summed E-state index contributed by atoms with van der Waals surface area (Å²) in [6.45, 7) is 4.84. The van der Waals surface area contributed by atoms with Crippen LogP contribution in [0.15, 0.2) is 54.9 Å². The number of hydrogen-bond acceptors (Lipinski definition) is 5. The maximum absolute atomic E-state index is 12.5. The molecule has 0 atom stereocenters. The molecule has 3 rings (SSSR count). The second-order valence-electron chi connectivity index (χ2n) is 6.01. The molecule has 0 fully saturated rings. The topological polar surface area (TPSA) is 79.8 Å². The van der Waals surface area contributed by atoms with Crippen LogP contribution in [0.5, 0.6) is 0 Å². The number of anilines is 1. The maximum Gasteiger partial charge on any atom is 0.270 e. The summed E-state index contributed by atoms with van der Waals surface area (Å²) in [6, 6.07) is 13.5. The van der Waals surface area contributed by atoms with E-state index in [1.165, 1.54) is 0 Å². The molecule has 0 saturated heterocycles. The van der Waals surface area contributed by atoms with Gasteiger partial charge in [0.25, 0.3) is 5.91 Å². The molecule has 2 N–H and O–H groups in total. The molecule has 0 aliphatic carbocycles. The van der Waals surface area contributed by atoms with Gasteiger partial charge in [-0.15, -0.1) is 0 Å². The van der Waals surface area contributed by atoms with E-state index < -0.39 is 0 Å². The van der Waals surface area contributed by atoms with Crippen molar-refractivity contribution in [3.63, 3.8) is 0 Å². The summed E-state index contributed by atoms with van der Waals surface area (Å²) in [4.78, 5) is 25.1. The fraction of sp³-hybridized carbons (Fsp3) is 0.200. The van der Waals surface area contributed by atoms with Gasteiger partial charge >= 0.3 is 0 Å². The highest BCUT2D eigenvalue weighted by atomic mass is 16.1. The molecule has 0 unspecified atom stereocenters. The summed E-state index contributed by atoms with van der Waals surface area (Å²) in [6.07, 6.45) is 3.52. The first-order valence-electron chi connectivity index (χ1n) is 8.43. The van der Waals surface area contributed by atoms with Crippen LogP contribution in [-0.2, 0) is 13.1 Å². The van der Waals surface area contributed by atoms with E-state index in [9.17, 15) is 4.79 Å². The normalized spacial score (nSPS) is 10.4. The fourth-order valence-corrected chi connectivity index (χ4v) is 2.54. The molecule has 26 heavy (non-hydrogen) atoms. The van der Waals surface area contributed by atoms with Crippen LogP contribution in [0, 0.1) is 13.8 Å². The van der Waals surface area contributed by atoms with E-state index >= 15 is 0 Å². The molecule has 1 amide bonds. The SMILES string of the molecule is Cc1nc(NCc2cccnc2)cc(C(=O)NCc2ccccc2C)n1. The third-order valence-electron chi connectivity index (χ3n) is 3.97. The van der Waals surface area contributed by atoms with Gasteiger partial charge in [-0.1, -0.05) is 30.3 Å². The zero-order valence-corrected chi connectivity index (χ0v) is 14.9. The Bertz CT molecular complexity index is 896. The number of hydrogen-bond donors (Lipinski definition) is 2. The van der Waals surface area contributed by atoms with Gasteiger partial charge in [-0.25, -0.2) is 9.97 Å². The number of nitrogens with one attached hydrogen (secondary N) is 2. The van der Waals surface area contributed by atoms with Crippen LogP contribution in [0.1, 0.15) is 33.0 Å². The van der Waals surface area contributed by atoms with Gasteiger partial charge in [0.2, 0.25) is 0 Å². The average molecular weight is 347 g/mol. The van der Waals surface area contributed by atoms with E-state index in [1.54, 1.807) is 25.4 Å². The van der Waals surface area contributed by atoms with Crippen molar-refractivity contribution in [1.29, 1.82) is 0 Å². The van der Waals surface area contributed by atoms with Crippen LogP contribution in [0.4, 0.5) is 5.82 Å². The Morgan fingerprint density at radius 3 is 2.65 bits per heavy atom. The molecule has 0 spiro atoms. The van der Waals surface area contributed by atoms with Gasteiger partial charge < -0.3 is 10.6 Å². The summed E-state index contributed by atoms with van der Waals surface area (Å²) in [5.41, 5.74) is 3.61. The lowest BCUT2D eigenvalue weighted by molar-refractivity contribution is 0.0945. The molecule has 0 bridgehead atoms. The highest BCUT2D eigenvalue weighted by molar-refractivity contribution is 5.92. The zero-order valence-electron chi connectivity index (χ0n) is 14.9. The van der Waals surface area contributed by atoms with Crippen LogP contribution < -0.4 is 10.6 Å². The number of aromatic nitrogens is 3. The van der Waals surface area contributed by atoms with Crippen LogP contribution >= 0.6 is 0 Å². The monoisotopic (exact) mass is 347 g/mol.